The van der Waals surface area contributed by atoms with Crippen LogP contribution in [-0.4, -0.2) is 6.03 Å². The largest absolute Gasteiger partial charge is 0.350 e. The number of primary amides is 1. The summed E-state index contributed by atoms with van der Waals surface area (Å²) in [7, 11) is 0. The highest BCUT2D eigenvalue weighted by Gasteiger charge is 2.57. The Kier molecular flexibility index (Phi) is 2.00. The lowest BCUT2D eigenvalue weighted by molar-refractivity contribution is 0.161. The van der Waals surface area contributed by atoms with E-state index in [1.165, 1.54) is 12.8 Å². The third kappa shape index (κ3) is 1.24. The smallest absolute Gasteiger partial charge is 0.330 e. The number of rotatable bonds is 2. The Balaban J connectivity index is 2.16. The molecule has 84 valence electrons. The van der Waals surface area contributed by atoms with Crippen molar-refractivity contribution in [2.24, 2.45) is 22.5 Å². The zero-order valence-electron chi connectivity index (χ0n) is 9.55. The van der Waals surface area contributed by atoms with Gasteiger partial charge in [-0.25, -0.2) is 4.79 Å². The molecule has 0 saturated heterocycles. The second-order valence-electron chi connectivity index (χ2n) is 5.39. The molecule has 1 saturated carbocycles. The van der Waals surface area contributed by atoms with E-state index in [4.69, 9.17) is 5.73 Å². The Morgan fingerprint density at radius 2 is 2.20 bits per heavy atom. The van der Waals surface area contributed by atoms with Gasteiger partial charge in [-0.15, -0.1) is 0 Å². The first kappa shape index (κ1) is 10.3. The van der Waals surface area contributed by atoms with Crippen molar-refractivity contribution in [3.8, 4) is 0 Å². The van der Waals surface area contributed by atoms with Crippen molar-refractivity contribution < 1.29 is 4.79 Å². The summed E-state index contributed by atoms with van der Waals surface area (Å²) in [4.78, 5) is 10.6. The average molecular weight is 209 g/mol. The van der Waals surface area contributed by atoms with E-state index in [9.17, 15) is 4.79 Å². The molecule has 0 radical (unpaired) electrons. The highest BCUT2D eigenvalue weighted by molar-refractivity contribution is 5.71. The van der Waals surface area contributed by atoms with Gasteiger partial charge in [0.05, 0.1) is 0 Å². The van der Waals surface area contributed by atoms with Gasteiger partial charge in [0.2, 0.25) is 0 Å². The number of nitrogens with two attached hydrogens (primary N) is 1. The minimum atomic E-state index is -0.542. The molecule has 4 N–H and O–H groups in total. The number of hydrazine groups is 1. The SMILES string of the molecule is CC12CCC(C=C1NNC(N)=O)C2(C)C. The number of amides is 2. The van der Waals surface area contributed by atoms with Gasteiger partial charge in [-0.2, -0.15) is 0 Å². The van der Waals surface area contributed by atoms with E-state index in [1.54, 1.807) is 0 Å². The normalized spacial score (nSPS) is 36.2. The Morgan fingerprint density at radius 3 is 2.60 bits per heavy atom. The number of hydrogen-bond acceptors (Lipinski definition) is 2. The average Bonchev–Trinajstić information content (AvgIpc) is 2.46. The molecule has 4 heteroatoms. The molecule has 15 heavy (non-hydrogen) atoms. The van der Waals surface area contributed by atoms with Crippen LogP contribution in [-0.2, 0) is 0 Å². The molecule has 2 rings (SSSR count). The first-order valence-electron chi connectivity index (χ1n) is 5.42. The van der Waals surface area contributed by atoms with Gasteiger partial charge in [0.25, 0.3) is 0 Å². The maximum Gasteiger partial charge on any atom is 0.330 e. The van der Waals surface area contributed by atoms with Gasteiger partial charge in [0.1, 0.15) is 0 Å². The molecule has 0 aromatic heterocycles. The predicted molar refractivity (Wildman–Crippen MR) is 58.5 cm³/mol. The zero-order valence-corrected chi connectivity index (χ0v) is 9.55. The molecule has 0 aromatic rings. The lowest BCUT2D eigenvalue weighted by Gasteiger charge is -2.37. The van der Waals surface area contributed by atoms with Crippen LogP contribution in [0.3, 0.4) is 0 Å². The number of carbonyl (C=O) groups excluding carboxylic acids is 1. The van der Waals surface area contributed by atoms with E-state index < -0.39 is 6.03 Å². The van der Waals surface area contributed by atoms with Crippen molar-refractivity contribution in [3.63, 3.8) is 0 Å². The van der Waals surface area contributed by atoms with Crippen LogP contribution >= 0.6 is 0 Å². The van der Waals surface area contributed by atoms with E-state index in [1.807, 2.05) is 0 Å². The van der Waals surface area contributed by atoms with Crippen LogP contribution in [0.15, 0.2) is 11.8 Å². The van der Waals surface area contributed by atoms with Gasteiger partial charge < -0.3 is 11.2 Å². The molecule has 0 heterocycles. The van der Waals surface area contributed by atoms with Gasteiger partial charge in [0, 0.05) is 11.1 Å². The second kappa shape index (κ2) is 2.90. The number of nitrogens with one attached hydrogen (secondary N) is 2. The molecular weight excluding hydrogens is 190 g/mol. The zero-order chi connectivity index (χ0) is 11.3. The fraction of sp³-hybridized carbons (Fsp3) is 0.727. The molecule has 1 fully saturated rings. The molecule has 2 aliphatic rings. The summed E-state index contributed by atoms with van der Waals surface area (Å²) in [6.07, 6.45) is 4.65. The minimum absolute atomic E-state index is 0.139. The fourth-order valence-electron chi connectivity index (χ4n) is 3.00. The number of hydrogen-bond donors (Lipinski definition) is 3. The summed E-state index contributed by atoms with van der Waals surface area (Å²) in [6.45, 7) is 6.84. The Bertz CT molecular complexity index is 335. The van der Waals surface area contributed by atoms with E-state index in [0.29, 0.717) is 5.92 Å². The van der Waals surface area contributed by atoms with Crippen molar-refractivity contribution in [1.29, 1.82) is 0 Å². The fourth-order valence-corrected chi connectivity index (χ4v) is 3.00. The van der Waals surface area contributed by atoms with Gasteiger partial charge in [-0.3, -0.25) is 5.43 Å². The van der Waals surface area contributed by atoms with Crippen LogP contribution in [0.25, 0.3) is 0 Å². The number of urea groups is 1. The lowest BCUT2D eigenvalue weighted by Crippen LogP contribution is -2.45. The van der Waals surface area contributed by atoms with Gasteiger partial charge >= 0.3 is 6.03 Å². The van der Waals surface area contributed by atoms with E-state index in [2.05, 4.69) is 37.7 Å². The first-order valence-corrected chi connectivity index (χ1v) is 5.42. The standard InChI is InChI=1S/C11H19N3O/c1-10(2)7-4-5-11(10,3)8(6-7)13-14-9(12)15/h6-7,13H,4-5H2,1-3H3,(H3,12,14,15). The van der Waals surface area contributed by atoms with Gasteiger partial charge in [0.15, 0.2) is 0 Å². The molecule has 4 nitrogen and oxygen atoms in total. The van der Waals surface area contributed by atoms with Crippen LogP contribution in [0.2, 0.25) is 0 Å². The van der Waals surface area contributed by atoms with Crippen molar-refractivity contribution in [3.05, 3.63) is 11.8 Å². The summed E-state index contributed by atoms with van der Waals surface area (Å²) < 4.78 is 0. The Labute approximate surface area is 90.3 Å². The minimum Gasteiger partial charge on any atom is -0.350 e. The maximum absolute atomic E-state index is 10.6. The summed E-state index contributed by atoms with van der Waals surface area (Å²) in [5.74, 6) is 0.611. The molecule has 0 aromatic carbocycles. The molecule has 2 amide bonds. The molecule has 2 atom stereocenters. The second-order valence-corrected chi connectivity index (χ2v) is 5.39. The highest BCUT2D eigenvalue weighted by Crippen LogP contribution is 2.64. The van der Waals surface area contributed by atoms with Crippen LogP contribution in [0.4, 0.5) is 4.79 Å². The summed E-state index contributed by atoms with van der Waals surface area (Å²) in [5.41, 5.74) is 12.0. The third-order valence-electron chi connectivity index (χ3n) is 4.59. The lowest BCUT2D eigenvalue weighted by atomic mass is 9.69. The molecule has 0 aliphatic heterocycles. The predicted octanol–water partition coefficient (Wildman–Crippen LogP) is 1.50. The first-order chi connectivity index (χ1) is 6.88. The Morgan fingerprint density at radius 1 is 1.53 bits per heavy atom. The molecular formula is C11H19N3O. The summed E-state index contributed by atoms with van der Waals surface area (Å²) in [5, 5.41) is 0. The van der Waals surface area contributed by atoms with Crippen molar-refractivity contribution >= 4 is 6.03 Å². The number of fused-ring (bicyclic) bond motifs is 2. The topological polar surface area (TPSA) is 67.2 Å². The maximum atomic E-state index is 10.6. The molecule has 2 unspecified atom stereocenters. The van der Waals surface area contributed by atoms with E-state index >= 15 is 0 Å². The van der Waals surface area contributed by atoms with E-state index in [-0.39, 0.29) is 10.8 Å². The summed E-state index contributed by atoms with van der Waals surface area (Å²) >= 11 is 0. The van der Waals surface area contributed by atoms with Gasteiger partial charge in [-0.1, -0.05) is 26.8 Å². The summed E-state index contributed by atoms with van der Waals surface area (Å²) in [6, 6.07) is -0.542. The van der Waals surface area contributed by atoms with Crippen molar-refractivity contribution in [1.82, 2.24) is 10.9 Å². The van der Waals surface area contributed by atoms with Crippen LogP contribution in [0, 0.1) is 16.7 Å². The number of carbonyl (C=O) groups is 1. The molecule has 0 spiro atoms. The Hall–Kier alpha value is -1.19. The third-order valence-corrected chi connectivity index (χ3v) is 4.59. The van der Waals surface area contributed by atoms with Crippen LogP contribution in [0.5, 0.6) is 0 Å². The van der Waals surface area contributed by atoms with Crippen molar-refractivity contribution in [2.75, 3.05) is 0 Å². The van der Waals surface area contributed by atoms with Gasteiger partial charge in [-0.05, 0) is 24.2 Å². The van der Waals surface area contributed by atoms with Crippen LogP contribution in [0.1, 0.15) is 33.6 Å². The monoisotopic (exact) mass is 209 g/mol. The van der Waals surface area contributed by atoms with Crippen LogP contribution < -0.4 is 16.6 Å². The molecule has 2 bridgehead atoms. The molecule has 2 aliphatic carbocycles. The number of allylic oxidation sites excluding steroid dienone is 2. The van der Waals surface area contributed by atoms with E-state index in [0.717, 1.165) is 5.70 Å². The van der Waals surface area contributed by atoms with Crippen molar-refractivity contribution in [2.45, 2.75) is 33.6 Å². The highest BCUT2D eigenvalue weighted by atomic mass is 16.2. The quantitative estimate of drug-likeness (QED) is 0.603.